The molecule has 2 rings (SSSR count). The van der Waals surface area contributed by atoms with E-state index in [0.29, 0.717) is 22.3 Å². The number of nitriles is 1. The lowest BCUT2D eigenvalue weighted by Gasteiger charge is -2.17. The fourth-order valence-corrected chi connectivity index (χ4v) is 2.18. The van der Waals surface area contributed by atoms with Gasteiger partial charge in [0.1, 0.15) is 5.69 Å². The van der Waals surface area contributed by atoms with Crippen LogP contribution >= 0.6 is 15.9 Å². The zero-order valence-corrected chi connectivity index (χ0v) is 12.5. The molecule has 1 amide bonds. The molecule has 0 aliphatic heterocycles. The Kier molecular flexibility index (Phi) is 4.49. The number of halogens is 1. The third-order valence-corrected chi connectivity index (χ3v) is 3.45. The van der Waals surface area contributed by atoms with E-state index < -0.39 is 0 Å². The number of aromatic nitrogens is 1. The van der Waals surface area contributed by atoms with Gasteiger partial charge in [-0.05, 0) is 45.8 Å². The van der Waals surface area contributed by atoms with Gasteiger partial charge in [0.2, 0.25) is 0 Å². The molecular weight excluding hydrogens is 318 g/mol. The molecule has 0 aliphatic rings. The highest BCUT2D eigenvalue weighted by Gasteiger charge is 2.16. The molecular formula is C15H12BrN3O. The number of nitrogens with zero attached hydrogens (tertiary/aromatic N) is 3. The van der Waals surface area contributed by atoms with Gasteiger partial charge in [0.25, 0.3) is 5.91 Å². The van der Waals surface area contributed by atoms with Gasteiger partial charge in [-0.1, -0.05) is 12.1 Å². The molecule has 2 aromatic rings. The van der Waals surface area contributed by atoms with E-state index in [1.54, 1.807) is 42.4 Å². The summed E-state index contributed by atoms with van der Waals surface area (Å²) in [6, 6.07) is 12.8. The monoisotopic (exact) mass is 329 g/mol. The normalized spacial score (nSPS) is 9.85. The molecule has 1 heterocycles. The summed E-state index contributed by atoms with van der Waals surface area (Å²) < 4.78 is 0.677. The first kappa shape index (κ1) is 14.2. The fraction of sp³-hybridized carbons (Fsp3) is 0.133. The lowest BCUT2D eigenvalue weighted by molar-refractivity contribution is 0.0778. The van der Waals surface area contributed by atoms with Gasteiger partial charge >= 0.3 is 0 Å². The number of rotatable bonds is 3. The van der Waals surface area contributed by atoms with Crippen LogP contribution in [0.2, 0.25) is 0 Å². The lowest BCUT2D eigenvalue weighted by Crippen LogP contribution is -2.27. The molecule has 0 saturated carbocycles. The highest BCUT2D eigenvalue weighted by atomic mass is 79.9. The maximum Gasteiger partial charge on any atom is 0.273 e. The van der Waals surface area contributed by atoms with E-state index in [4.69, 9.17) is 5.26 Å². The third kappa shape index (κ3) is 3.22. The molecule has 0 saturated heterocycles. The molecule has 0 aliphatic carbocycles. The Bertz CT molecular complexity index is 662. The molecule has 0 atom stereocenters. The van der Waals surface area contributed by atoms with Crippen molar-refractivity contribution in [3.05, 3.63) is 63.9 Å². The molecule has 0 radical (unpaired) electrons. The van der Waals surface area contributed by atoms with Crippen molar-refractivity contribution in [1.82, 2.24) is 9.88 Å². The molecule has 100 valence electrons. The predicted octanol–water partition coefficient (Wildman–Crippen LogP) is 2.99. The molecule has 1 aromatic heterocycles. The maximum atomic E-state index is 12.3. The van der Waals surface area contributed by atoms with Crippen LogP contribution in [0.3, 0.4) is 0 Å². The van der Waals surface area contributed by atoms with Crippen molar-refractivity contribution < 1.29 is 4.79 Å². The second-order valence-corrected chi connectivity index (χ2v) is 5.16. The lowest BCUT2D eigenvalue weighted by atomic mass is 10.1. The Balaban J connectivity index is 2.11. The number of hydrogen-bond acceptors (Lipinski definition) is 3. The topological polar surface area (TPSA) is 57.0 Å². The Morgan fingerprint density at radius 2 is 2.05 bits per heavy atom. The molecule has 0 spiro atoms. The number of hydrogen-bond donors (Lipinski definition) is 0. The SMILES string of the molecule is CN(Cc1ccc(C#N)cc1)C(=O)c1ncccc1Br. The van der Waals surface area contributed by atoms with Crippen molar-refractivity contribution in [2.45, 2.75) is 6.54 Å². The number of carbonyl (C=O) groups excluding carboxylic acids is 1. The zero-order chi connectivity index (χ0) is 14.5. The van der Waals surface area contributed by atoms with E-state index in [2.05, 4.69) is 27.0 Å². The average Bonchev–Trinajstić information content (AvgIpc) is 2.48. The van der Waals surface area contributed by atoms with Crippen LogP contribution in [0.4, 0.5) is 0 Å². The molecule has 0 N–H and O–H groups in total. The van der Waals surface area contributed by atoms with Crippen LogP contribution in [0.5, 0.6) is 0 Å². The van der Waals surface area contributed by atoms with Crippen LogP contribution in [0.25, 0.3) is 0 Å². The van der Waals surface area contributed by atoms with Crippen LogP contribution in [0.1, 0.15) is 21.6 Å². The molecule has 5 heteroatoms. The summed E-state index contributed by atoms with van der Waals surface area (Å²) in [5.74, 6) is -0.151. The summed E-state index contributed by atoms with van der Waals surface area (Å²) in [5, 5.41) is 8.75. The Morgan fingerprint density at radius 3 is 2.65 bits per heavy atom. The van der Waals surface area contributed by atoms with Crippen LogP contribution in [0.15, 0.2) is 47.1 Å². The summed E-state index contributed by atoms with van der Waals surface area (Å²) >= 11 is 3.32. The standard InChI is InChI=1S/C15H12BrN3O/c1-19(10-12-6-4-11(9-17)5-7-12)15(20)14-13(16)3-2-8-18-14/h2-8H,10H2,1H3. The first-order chi connectivity index (χ1) is 9.61. The van der Waals surface area contributed by atoms with E-state index in [0.717, 1.165) is 5.56 Å². The first-order valence-corrected chi connectivity index (χ1v) is 6.76. The molecule has 20 heavy (non-hydrogen) atoms. The minimum absolute atomic E-state index is 0.151. The predicted molar refractivity (Wildman–Crippen MR) is 78.9 cm³/mol. The van der Waals surface area contributed by atoms with E-state index in [9.17, 15) is 4.79 Å². The second kappa shape index (κ2) is 6.31. The molecule has 0 unspecified atom stereocenters. The van der Waals surface area contributed by atoms with Gasteiger partial charge in [-0.25, -0.2) is 4.98 Å². The second-order valence-electron chi connectivity index (χ2n) is 4.30. The minimum Gasteiger partial charge on any atom is -0.336 e. The van der Waals surface area contributed by atoms with Gasteiger partial charge < -0.3 is 4.90 Å². The molecule has 4 nitrogen and oxygen atoms in total. The van der Waals surface area contributed by atoms with E-state index in [1.165, 1.54) is 0 Å². The number of pyridine rings is 1. The van der Waals surface area contributed by atoms with E-state index in [1.807, 2.05) is 12.1 Å². The van der Waals surface area contributed by atoms with Gasteiger partial charge in [-0.15, -0.1) is 0 Å². The number of carbonyl (C=O) groups is 1. The van der Waals surface area contributed by atoms with Crippen LogP contribution in [-0.2, 0) is 6.54 Å². The molecule has 0 bridgehead atoms. The zero-order valence-electron chi connectivity index (χ0n) is 10.9. The van der Waals surface area contributed by atoms with Crippen molar-refractivity contribution >= 4 is 21.8 Å². The fourth-order valence-electron chi connectivity index (χ4n) is 1.75. The van der Waals surface area contributed by atoms with Gasteiger partial charge in [0.05, 0.1) is 11.6 Å². The number of benzene rings is 1. The Labute approximate surface area is 125 Å². The largest absolute Gasteiger partial charge is 0.336 e. The Hall–Kier alpha value is -2.19. The van der Waals surface area contributed by atoms with E-state index in [-0.39, 0.29) is 5.91 Å². The maximum absolute atomic E-state index is 12.3. The van der Waals surface area contributed by atoms with Crippen molar-refractivity contribution in [3.63, 3.8) is 0 Å². The van der Waals surface area contributed by atoms with Crippen molar-refractivity contribution in [3.8, 4) is 6.07 Å². The highest BCUT2D eigenvalue weighted by molar-refractivity contribution is 9.10. The quantitative estimate of drug-likeness (QED) is 0.869. The van der Waals surface area contributed by atoms with Crippen LogP contribution < -0.4 is 0 Å². The summed E-state index contributed by atoms with van der Waals surface area (Å²) in [7, 11) is 1.72. The average molecular weight is 330 g/mol. The van der Waals surface area contributed by atoms with Crippen molar-refractivity contribution in [2.24, 2.45) is 0 Å². The van der Waals surface area contributed by atoms with Crippen molar-refractivity contribution in [1.29, 1.82) is 5.26 Å². The first-order valence-electron chi connectivity index (χ1n) is 5.97. The summed E-state index contributed by atoms with van der Waals surface area (Å²) in [5.41, 5.74) is 1.96. The van der Waals surface area contributed by atoms with Gasteiger partial charge in [-0.3, -0.25) is 4.79 Å². The molecule has 1 aromatic carbocycles. The van der Waals surface area contributed by atoms with E-state index >= 15 is 0 Å². The smallest absolute Gasteiger partial charge is 0.273 e. The third-order valence-electron chi connectivity index (χ3n) is 2.81. The van der Waals surface area contributed by atoms with Gasteiger partial charge in [-0.2, -0.15) is 5.26 Å². The minimum atomic E-state index is -0.151. The van der Waals surface area contributed by atoms with Crippen LogP contribution in [-0.4, -0.2) is 22.8 Å². The summed E-state index contributed by atoms with van der Waals surface area (Å²) in [6.07, 6.45) is 1.59. The number of amides is 1. The van der Waals surface area contributed by atoms with Crippen LogP contribution in [0, 0.1) is 11.3 Å². The Morgan fingerprint density at radius 1 is 1.35 bits per heavy atom. The van der Waals surface area contributed by atoms with Crippen molar-refractivity contribution in [2.75, 3.05) is 7.05 Å². The summed E-state index contributed by atoms with van der Waals surface area (Å²) in [4.78, 5) is 18.0. The summed E-state index contributed by atoms with van der Waals surface area (Å²) in [6.45, 7) is 0.466. The van der Waals surface area contributed by atoms with Gasteiger partial charge in [0.15, 0.2) is 0 Å². The van der Waals surface area contributed by atoms with Gasteiger partial charge in [0, 0.05) is 24.3 Å². The molecule has 0 fully saturated rings. The highest BCUT2D eigenvalue weighted by Crippen LogP contribution is 2.16.